The van der Waals surface area contributed by atoms with Gasteiger partial charge in [0.05, 0.1) is 32.5 Å². The lowest BCUT2D eigenvalue weighted by atomic mass is 10.2. The molecule has 1 aliphatic heterocycles. The first-order valence-electron chi connectivity index (χ1n) is 5.08. The summed E-state index contributed by atoms with van der Waals surface area (Å²) in [6.45, 7) is 1.42. The van der Waals surface area contributed by atoms with Gasteiger partial charge in [0.1, 0.15) is 0 Å². The number of aliphatic hydroxyl groups is 1. The number of hydrogen-bond acceptors (Lipinski definition) is 4. The van der Waals surface area contributed by atoms with Crippen LogP contribution in [0.1, 0.15) is 10.4 Å². The van der Waals surface area contributed by atoms with E-state index < -0.39 is 0 Å². The molecule has 1 fully saturated rings. The van der Waals surface area contributed by atoms with E-state index in [0.29, 0.717) is 25.3 Å². The van der Waals surface area contributed by atoms with Crippen LogP contribution in [0.4, 0.5) is 0 Å². The highest BCUT2D eigenvalue weighted by atomic mass is 79.9. The molecule has 17 heavy (non-hydrogen) atoms. The molecular weight excluding hydrogens is 374 g/mol. The van der Waals surface area contributed by atoms with E-state index in [9.17, 15) is 4.79 Å². The molecule has 1 atom stereocenters. The number of hydrogen-bond donors (Lipinski definition) is 1. The summed E-state index contributed by atoms with van der Waals surface area (Å²) < 4.78 is 7.05. The summed E-state index contributed by atoms with van der Waals surface area (Å²) in [7, 11) is 0. The van der Waals surface area contributed by atoms with Crippen LogP contribution in [0.15, 0.2) is 13.6 Å². The summed E-state index contributed by atoms with van der Waals surface area (Å²) in [6.07, 6.45) is -0.270. The summed E-state index contributed by atoms with van der Waals surface area (Å²) in [4.78, 5) is 14.0. The number of ether oxygens (including phenoxy) is 1. The van der Waals surface area contributed by atoms with Gasteiger partial charge in [0.2, 0.25) is 0 Å². The summed E-state index contributed by atoms with van der Waals surface area (Å²) in [6, 6.07) is 1.81. The molecule has 2 rings (SSSR count). The third-order valence-corrected chi connectivity index (χ3v) is 4.86. The minimum absolute atomic E-state index is 0.0272. The molecule has 7 heteroatoms. The fraction of sp³-hybridized carbons (Fsp3) is 0.500. The van der Waals surface area contributed by atoms with Crippen molar-refractivity contribution in [2.75, 3.05) is 26.3 Å². The first kappa shape index (κ1) is 13.5. The molecule has 1 aliphatic rings. The molecule has 4 nitrogen and oxygen atoms in total. The van der Waals surface area contributed by atoms with Crippen LogP contribution in [0, 0.1) is 0 Å². The Balaban J connectivity index is 2.12. The van der Waals surface area contributed by atoms with Crippen LogP contribution < -0.4 is 0 Å². The fourth-order valence-electron chi connectivity index (χ4n) is 1.67. The van der Waals surface area contributed by atoms with Crippen LogP contribution in [-0.4, -0.2) is 48.3 Å². The van der Waals surface area contributed by atoms with Gasteiger partial charge in [-0.2, -0.15) is 0 Å². The van der Waals surface area contributed by atoms with E-state index in [2.05, 4.69) is 31.9 Å². The van der Waals surface area contributed by atoms with Crippen molar-refractivity contribution in [1.82, 2.24) is 4.90 Å². The van der Waals surface area contributed by atoms with Crippen molar-refractivity contribution in [1.29, 1.82) is 0 Å². The normalized spacial score (nSPS) is 20.6. The van der Waals surface area contributed by atoms with E-state index in [0.717, 1.165) is 7.57 Å². The quantitative estimate of drug-likeness (QED) is 0.849. The molecule has 1 aromatic heterocycles. The summed E-state index contributed by atoms with van der Waals surface area (Å²) in [5.74, 6) is -0.0272. The van der Waals surface area contributed by atoms with Gasteiger partial charge in [-0.15, -0.1) is 11.3 Å². The van der Waals surface area contributed by atoms with Gasteiger partial charge in [-0.1, -0.05) is 0 Å². The third kappa shape index (κ3) is 3.08. The van der Waals surface area contributed by atoms with E-state index in [-0.39, 0.29) is 18.6 Å². The Morgan fingerprint density at radius 1 is 1.65 bits per heavy atom. The van der Waals surface area contributed by atoms with Gasteiger partial charge in [-0.3, -0.25) is 4.79 Å². The smallest absolute Gasteiger partial charge is 0.256 e. The molecule has 0 aliphatic carbocycles. The molecule has 0 saturated carbocycles. The van der Waals surface area contributed by atoms with Gasteiger partial charge in [0.15, 0.2) is 0 Å². The number of halogens is 2. The highest BCUT2D eigenvalue weighted by Gasteiger charge is 2.26. The largest absolute Gasteiger partial charge is 0.394 e. The number of morpholine rings is 1. The average molecular weight is 385 g/mol. The minimum Gasteiger partial charge on any atom is -0.394 e. The van der Waals surface area contributed by atoms with Crippen molar-refractivity contribution in [3.05, 3.63) is 19.2 Å². The first-order chi connectivity index (χ1) is 8.11. The monoisotopic (exact) mass is 383 g/mol. The Kier molecular flexibility index (Phi) is 4.59. The van der Waals surface area contributed by atoms with Gasteiger partial charge >= 0.3 is 0 Å². The van der Waals surface area contributed by atoms with Crippen molar-refractivity contribution in [3.8, 4) is 0 Å². The Bertz CT molecular complexity index is 424. The average Bonchev–Trinajstić information content (AvgIpc) is 2.67. The predicted molar refractivity (Wildman–Crippen MR) is 72.4 cm³/mol. The van der Waals surface area contributed by atoms with E-state index in [1.54, 1.807) is 11.0 Å². The minimum atomic E-state index is -0.270. The second-order valence-corrected chi connectivity index (χ2v) is 7.41. The molecule has 1 saturated heterocycles. The maximum Gasteiger partial charge on any atom is 0.256 e. The first-order valence-corrected chi connectivity index (χ1v) is 7.48. The highest BCUT2D eigenvalue weighted by Crippen LogP contribution is 2.32. The number of rotatable bonds is 2. The van der Waals surface area contributed by atoms with Crippen LogP contribution in [0.5, 0.6) is 0 Å². The van der Waals surface area contributed by atoms with Gasteiger partial charge in [0, 0.05) is 13.1 Å². The van der Waals surface area contributed by atoms with E-state index in [4.69, 9.17) is 9.84 Å². The van der Waals surface area contributed by atoms with Crippen LogP contribution >= 0.6 is 43.2 Å². The predicted octanol–water partition coefficient (Wildman–Crippen LogP) is 2.11. The van der Waals surface area contributed by atoms with Gasteiger partial charge in [0.25, 0.3) is 5.91 Å². The van der Waals surface area contributed by atoms with Crippen molar-refractivity contribution in [2.45, 2.75) is 6.10 Å². The van der Waals surface area contributed by atoms with E-state index in [1.165, 1.54) is 11.3 Å². The second-order valence-electron chi connectivity index (χ2n) is 3.66. The SMILES string of the molecule is O=C(c1cc(Br)sc1Br)N1CCOC(CO)C1. The zero-order valence-corrected chi connectivity index (χ0v) is 12.8. The van der Waals surface area contributed by atoms with Crippen LogP contribution in [0.25, 0.3) is 0 Å². The Morgan fingerprint density at radius 3 is 3.00 bits per heavy atom. The van der Waals surface area contributed by atoms with Gasteiger partial charge in [-0.05, 0) is 37.9 Å². The van der Waals surface area contributed by atoms with Crippen LogP contribution in [-0.2, 0) is 4.74 Å². The number of carbonyl (C=O) groups is 1. The fourth-order valence-corrected chi connectivity index (χ4v) is 4.45. The summed E-state index contributed by atoms with van der Waals surface area (Å²) in [5, 5.41) is 9.04. The van der Waals surface area contributed by atoms with E-state index >= 15 is 0 Å². The maximum atomic E-state index is 12.2. The lowest BCUT2D eigenvalue weighted by Crippen LogP contribution is -2.46. The molecule has 0 aromatic carbocycles. The molecule has 1 unspecified atom stereocenters. The summed E-state index contributed by atoms with van der Waals surface area (Å²) >= 11 is 8.20. The Morgan fingerprint density at radius 2 is 2.41 bits per heavy atom. The Hall–Kier alpha value is 0.0500. The van der Waals surface area contributed by atoms with Crippen LogP contribution in [0.2, 0.25) is 0 Å². The highest BCUT2D eigenvalue weighted by molar-refractivity contribution is 9.12. The zero-order chi connectivity index (χ0) is 12.4. The van der Waals surface area contributed by atoms with E-state index in [1.807, 2.05) is 0 Å². The van der Waals surface area contributed by atoms with Crippen LogP contribution in [0.3, 0.4) is 0 Å². The molecule has 1 N–H and O–H groups in total. The molecule has 2 heterocycles. The molecule has 0 radical (unpaired) electrons. The number of amides is 1. The third-order valence-electron chi connectivity index (χ3n) is 2.52. The molecule has 0 bridgehead atoms. The lowest BCUT2D eigenvalue weighted by molar-refractivity contribution is -0.0447. The van der Waals surface area contributed by atoms with Crippen molar-refractivity contribution in [2.24, 2.45) is 0 Å². The zero-order valence-electron chi connectivity index (χ0n) is 8.86. The lowest BCUT2D eigenvalue weighted by Gasteiger charge is -2.31. The number of carbonyl (C=O) groups excluding carboxylic acids is 1. The standard InChI is InChI=1S/C10H11Br2NO3S/c11-8-3-7(9(12)17-8)10(15)13-1-2-16-6(4-13)5-14/h3,6,14H,1-2,4-5H2. The van der Waals surface area contributed by atoms with Gasteiger partial charge in [-0.25, -0.2) is 0 Å². The number of thiophene rings is 1. The molecular formula is C10H11Br2NO3S. The van der Waals surface area contributed by atoms with Crippen molar-refractivity contribution < 1.29 is 14.6 Å². The number of nitrogens with zero attached hydrogens (tertiary/aromatic N) is 1. The molecule has 0 spiro atoms. The maximum absolute atomic E-state index is 12.2. The summed E-state index contributed by atoms with van der Waals surface area (Å²) in [5.41, 5.74) is 0.653. The van der Waals surface area contributed by atoms with Crippen molar-refractivity contribution in [3.63, 3.8) is 0 Å². The molecule has 1 aromatic rings. The number of aliphatic hydroxyl groups excluding tert-OH is 1. The molecule has 94 valence electrons. The van der Waals surface area contributed by atoms with Gasteiger partial charge < -0.3 is 14.7 Å². The Labute approximate surface area is 120 Å². The second kappa shape index (κ2) is 5.79. The topological polar surface area (TPSA) is 49.8 Å². The van der Waals surface area contributed by atoms with Crippen molar-refractivity contribution >= 4 is 49.1 Å². The molecule has 1 amide bonds.